The summed E-state index contributed by atoms with van der Waals surface area (Å²) in [6.45, 7) is 3.29. The van der Waals surface area contributed by atoms with Gasteiger partial charge in [0.2, 0.25) is 0 Å². The molecule has 0 unspecified atom stereocenters. The second-order valence-corrected chi connectivity index (χ2v) is 4.21. The van der Waals surface area contributed by atoms with Crippen LogP contribution in [0.15, 0.2) is 35.1 Å². The zero-order valence-electron chi connectivity index (χ0n) is 11.5. The second kappa shape index (κ2) is 6.10. The summed E-state index contributed by atoms with van der Waals surface area (Å²) in [4.78, 5) is 17.9. The van der Waals surface area contributed by atoms with Crippen LogP contribution in [-0.4, -0.2) is 24.6 Å². The van der Waals surface area contributed by atoms with Crippen molar-refractivity contribution in [3.05, 3.63) is 42.0 Å². The third-order valence-electron chi connectivity index (χ3n) is 2.96. The molecule has 20 heavy (non-hydrogen) atoms. The summed E-state index contributed by atoms with van der Waals surface area (Å²) in [6, 6.07) is 5.36. The van der Waals surface area contributed by atoms with E-state index in [0.29, 0.717) is 23.6 Å². The van der Waals surface area contributed by atoms with Crippen LogP contribution in [0.4, 0.5) is 11.5 Å². The van der Waals surface area contributed by atoms with Gasteiger partial charge in [-0.1, -0.05) is 0 Å². The van der Waals surface area contributed by atoms with Gasteiger partial charge in [0, 0.05) is 6.54 Å². The Morgan fingerprint density at radius 3 is 2.95 bits per heavy atom. The quantitative estimate of drug-likeness (QED) is 0.841. The van der Waals surface area contributed by atoms with Crippen molar-refractivity contribution in [2.45, 2.75) is 13.5 Å². The van der Waals surface area contributed by atoms with Crippen molar-refractivity contribution in [2.75, 3.05) is 24.3 Å². The third kappa shape index (κ3) is 2.90. The van der Waals surface area contributed by atoms with Crippen LogP contribution < -0.4 is 10.6 Å². The molecule has 2 heterocycles. The van der Waals surface area contributed by atoms with Gasteiger partial charge in [-0.15, -0.1) is 0 Å². The Kier molecular flexibility index (Phi) is 4.24. The number of methoxy groups -OCH3 is 1. The minimum Gasteiger partial charge on any atom is -0.467 e. The summed E-state index contributed by atoms with van der Waals surface area (Å²) in [5.41, 5.74) is 6.36. The Labute approximate surface area is 117 Å². The Bertz CT molecular complexity index is 581. The maximum Gasteiger partial charge on any atom is 0.340 e. The highest BCUT2D eigenvalue weighted by Crippen LogP contribution is 2.20. The standard InChI is InChI=1S/C14H17N3O3/c1-3-17(9-10-5-4-6-20-10)13-7-11(14(18)19-2)12(15)8-16-13/h4-8H,3,9,15H2,1-2H3. The lowest BCUT2D eigenvalue weighted by atomic mass is 10.2. The van der Waals surface area contributed by atoms with E-state index in [4.69, 9.17) is 14.9 Å². The number of anilines is 2. The summed E-state index contributed by atoms with van der Waals surface area (Å²) in [5.74, 6) is 1.00. The third-order valence-corrected chi connectivity index (χ3v) is 2.96. The molecule has 0 radical (unpaired) electrons. The fraction of sp³-hybridized carbons (Fsp3) is 0.286. The molecule has 2 aromatic heterocycles. The van der Waals surface area contributed by atoms with E-state index in [-0.39, 0.29) is 0 Å². The number of nitrogens with two attached hydrogens (primary N) is 1. The molecule has 0 amide bonds. The molecule has 0 aromatic carbocycles. The summed E-state index contributed by atoms with van der Waals surface area (Å²) in [5, 5.41) is 0. The Morgan fingerprint density at radius 2 is 2.35 bits per heavy atom. The average Bonchev–Trinajstić information content (AvgIpc) is 2.97. The summed E-state index contributed by atoms with van der Waals surface area (Å²) in [7, 11) is 1.32. The molecule has 6 heteroatoms. The number of esters is 1. The van der Waals surface area contributed by atoms with Crippen molar-refractivity contribution >= 4 is 17.5 Å². The van der Waals surface area contributed by atoms with E-state index < -0.39 is 5.97 Å². The smallest absolute Gasteiger partial charge is 0.340 e. The van der Waals surface area contributed by atoms with Crippen molar-refractivity contribution in [3.8, 4) is 0 Å². The van der Waals surface area contributed by atoms with Crippen molar-refractivity contribution in [1.82, 2.24) is 4.98 Å². The lowest BCUT2D eigenvalue weighted by Gasteiger charge is -2.21. The largest absolute Gasteiger partial charge is 0.467 e. The molecule has 6 nitrogen and oxygen atoms in total. The molecule has 0 fully saturated rings. The number of rotatable bonds is 5. The van der Waals surface area contributed by atoms with Gasteiger partial charge in [0.15, 0.2) is 0 Å². The highest BCUT2D eigenvalue weighted by molar-refractivity contribution is 5.95. The molecule has 106 valence electrons. The van der Waals surface area contributed by atoms with E-state index >= 15 is 0 Å². The summed E-state index contributed by atoms with van der Waals surface area (Å²) < 4.78 is 10.0. The highest BCUT2D eigenvalue weighted by atomic mass is 16.5. The molecule has 0 aliphatic carbocycles. The van der Waals surface area contributed by atoms with Crippen molar-refractivity contribution in [1.29, 1.82) is 0 Å². The zero-order chi connectivity index (χ0) is 14.5. The number of hydrogen-bond donors (Lipinski definition) is 1. The number of nitrogen functional groups attached to an aromatic ring is 1. The van der Waals surface area contributed by atoms with E-state index in [1.165, 1.54) is 13.3 Å². The van der Waals surface area contributed by atoms with Crippen molar-refractivity contribution in [2.24, 2.45) is 0 Å². The first-order valence-corrected chi connectivity index (χ1v) is 6.26. The predicted molar refractivity (Wildman–Crippen MR) is 75.4 cm³/mol. The number of nitrogens with zero attached hydrogens (tertiary/aromatic N) is 2. The second-order valence-electron chi connectivity index (χ2n) is 4.21. The monoisotopic (exact) mass is 275 g/mol. The van der Waals surface area contributed by atoms with Crippen molar-refractivity contribution < 1.29 is 13.9 Å². The molecule has 0 saturated heterocycles. The number of carbonyl (C=O) groups is 1. The van der Waals surface area contributed by atoms with E-state index in [9.17, 15) is 4.79 Å². The van der Waals surface area contributed by atoms with Gasteiger partial charge in [0.25, 0.3) is 0 Å². The van der Waals surface area contributed by atoms with Crippen LogP contribution in [0, 0.1) is 0 Å². The summed E-state index contributed by atoms with van der Waals surface area (Å²) in [6.07, 6.45) is 3.09. The maximum absolute atomic E-state index is 11.6. The Hall–Kier alpha value is -2.50. The minimum absolute atomic E-state index is 0.301. The van der Waals surface area contributed by atoms with Gasteiger partial charge in [0.05, 0.1) is 37.4 Å². The summed E-state index contributed by atoms with van der Waals surface area (Å²) >= 11 is 0. The minimum atomic E-state index is -0.472. The molecule has 0 saturated carbocycles. The van der Waals surface area contributed by atoms with Crippen LogP contribution in [-0.2, 0) is 11.3 Å². The first kappa shape index (κ1) is 13.9. The van der Waals surface area contributed by atoms with E-state index in [0.717, 1.165) is 12.3 Å². The molecule has 0 spiro atoms. The van der Waals surface area contributed by atoms with Gasteiger partial charge in [-0.05, 0) is 25.1 Å². The van der Waals surface area contributed by atoms with Gasteiger partial charge in [0.1, 0.15) is 11.6 Å². The highest BCUT2D eigenvalue weighted by Gasteiger charge is 2.15. The average molecular weight is 275 g/mol. The van der Waals surface area contributed by atoms with E-state index in [2.05, 4.69) is 4.98 Å². The Balaban J connectivity index is 2.28. The molecule has 0 aliphatic rings. The lowest BCUT2D eigenvalue weighted by molar-refractivity contribution is 0.0602. The normalized spacial score (nSPS) is 10.3. The maximum atomic E-state index is 11.6. The number of furan rings is 1. The van der Waals surface area contributed by atoms with E-state index in [1.54, 1.807) is 12.3 Å². The van der Waals surface area contributed by atoms with Gasteiger partial charge >= 0.3 is 5.97 Å². The van der Waals surface area contributed by atoms with Crippen LogP contribution in [0.3, 0.4) is 0 Å². The molecule has 2 aromatic rings. The SMILES string of the molecule is CCN(Cc1ccco1)c1cc(C(=O)OC)c(N)cn1. The van der Waals surface area contributed by atoms with Crippen LogP contribution in [0.5, 0.6) is 0 Å². The Morgan fingerprint density at radius 1 is 1.55 bits per heavy atom. The van der Waals surface area contributed by atoms with Crippen LogP contribution in [0.1, 0.15) is 23.0 Å². The molecule has 2 rings (SSSR count). The van der Waals surface area contributed by atoms with Crippen LogP contribution >= 0.6 is 0 Å². The molecule has 2 N–H and O–H groups in total. The predicted octanol–water partition coefficient (Wildman–Crippen LogP) is 2.07. The first-order chi connectivity index (χ1) is 9.65. The van der Waals surface area contributed by atoms with Gasteiger partial charge in [-0.3, -0.25) is 0 Å². The molecule has 0 bridgehead atoms. The van der Waals surface area contributed by atoms with Gasteiger partial charge in [-0.2, -0.15) is 0 Å². The number of hydrogen-bond acceptors (Lipinski definition) is 6. The molecule has 0 aliphatic heterocycles. The van der Waals surface area contributed by atoms with Crippen LogP contribution in [0.25, 0.3) is 0 Å². The van der Waals surface area contributed by atoms with Crippen molar-refractivity contribution in [3.63, 3.8) is 0 Å². The van der Waals surface area contributed by atoms with Crippen LogP contribution in [0.2, 0.25) is 0 Å². The van der Waals surface area contributed by atoms with E-state index in [1.807, 2.05) is 24.0 Å². The lowest BCUT2D eigenvalue weighted by Crippen LogP contribution is -2.23. The molecule has 0 atom stereocenters. The topological polar surface area (TPSA) is 81.6 Å². The number of aromatic nitrogens is 1. The fourth-order valence-electron chi connectivity index (χ4n) is 1.86. The number of pyridine rings is 1. The molecular weight excluding hydrogens is 258 g/mol. The number of carbonyl (C=O) groups excluding carboxylic acids is 1. The first-order valence-electron chi connectivity index (χ1n) is 6.26. The fourth-order valence-corrected chi connectivity index (χ4v) is 1.86. The van der Waals surface area contributed by atoms with Gasteiger partial charge in [-0.25, -0.2) is 9.78 Å². The number of ether oxygens (including phenoxy) is 1. The molecular formula is C14H17N3O3. The zero-order valence-corrected chi connectivity index (χ0v) is 11.5. The van der Waals surface area contributed by atoms with Gasteiger partial charge < -0.3 is 19.8 Å².